The van der Waals surface area contributed by atoms with Crippen LogP contribution in [0.2, 0.25) is 0 Å². The third kappa shape index (κ3) is 3.29. The van der Waals surface area contributed by atoms with Crippen LogP contribution in [0.3, 0.4) is 0 Å². The summed E-state index contributed by atoms with van der Waals surface area (Å²) in [5.74, 6) is -1.52. The molecule has 7 heteroatoms. The molecule has 114 valence electrons. The third-order valence-electron chi connectivity index (χ3n) is 3.11. The Morgan fingerprint density at radius 3 is 2.86 bits per heavy atom. The van der Waals surface area contributed by atoms with E-state index in [9.17, 15) is 13.6 Å². The normalized spacial score (nSPS) is 17.9. The number of ether oxygens (including phenoxy) is 1. The zero-order valence-electron chi connectivity index (χ0n) is 12.1. The van der Waals surface area contributed by atoms with E-state index in [2.05, 4.69) is 10.3 Å². The predicted octanol–water partition coefficient (Wildman–Crippen LogP) is 2.44. The van der Waals surface area contributed by atoms with E-state index in [-0.39, 0.29) is 24.2 Å². The quantitative estimate of drug-likeness (QED) is 0.912. The molecule has 0 radical (unpaired) electrons. The molecular formula is C14H17F2N3O2. The molecule has 1 unspecified atom stereocenters. The van der Waals surface area contributed by atoms with Crippen molar-refractivity contribution < 1.29 is 18.3 Å². The summed E-state index contributed by atoms with van der Waals surface area (Å²) in [6.45, 7) is 3.68. The lowest BCUT2D eigenvalue weighted by molar-refractivity contribution is 0.119. The van der Waals surface area contributed by atoms with Gasteiger partial charge in [-0.3, -0.25) is 10.3 Å². The van der Waals surface area contributed by atoms with Gasteiger partial charge in [-0.1, -0.05) is 12.1 Å². The molecule has 1 heterocycles. The molecule has 1 N–H and O–H groups in total. The Hall–Kier alpha value is -2.18. The first kappa shape index (κ1) is 15.2. The van der Waals surface area contributed by atoms with Crippen LogP contribution in [0.4, 0.5) is 13.6 Å². The van der Waals surface area contributed by atoms with E-state index in [1.165, 1.54) is 12.1 Å². The van der Waals surface area contributed by atoms with Crippen molar-refractivity contribution in [2.24, 2.45) is 4.99 Å². The highest BCUT2D eigenvalue weighted by Crippen LogP contribution is 2.27. The van der Waals surface area contributed by atoms with Gasteiger partial charge in [0.15, 0.2) is 11.6 Å². The molecule has 1 aromatic carbocycles. The molecule has 1 atom stereocenters. The van der Waals surface area contributed by atoms with E-state index >= 15 is 0 Å². The fourth-order valence-electron chi connectivity index (χ4n) is 2.10. The number of hydrogen-bond donors (Lipinski definition) is 1. The zero-order valence-corrected chi connectivity index (χ0v) is 12.1. The van der Waals surface area contributed by atoms with Gasteiger partial charge in [0.25, 0.3) is 0 Å². The van der Waals surface area contributed by atoms with Crippen molar-refractivity contribution in [3.05, 3.63) is 35.4 Å². The van der Waals surface area contributed by atoms with E-state index in [0.717, 1.165) is 6.07 Å². The maximum atomic E-state index is 13.8. The highest BCUT2D eigenvalue weighted by atomic mass is 19.2. The minimum Gasteiger partial charge on any atom is -0.447 e. The minimum atomic E-state index is -0.901. The standard InChI is InChI=1S/C14H17F2N3O2/c1-8(2)21-14(20)18-13-17-7-11(19(13)3)9-5-4-6-10(15)12(9)16/h4-6,8,11H,7H2,1-3H3,(H,17,18,20). The van der Waals surface area contributed by atoms with E-state index in [1.807, 2.05) is 0 Å². The van der Waals surface area contributed by atoms with Crippen LogP contribution in [0, 0.1) is 11.6 Å². The topological polar surface area (TPSA) is 53.9 Å². The molecule has 0 saturated heterocycles. The van der Waals surface area contributed by atoms with Gasteiger partial charge in [0.05, 0.1) is 18.7 Å². The van der Waals surface area contributed by atoms with Gasteiger partial charge in [0.1, 0.15) is 0 Å². The van der Waals surface area contributed by atoms with E-state index < -0.39 is 23.8 Å². The summed E-state index contributed by atoms with van der Waals surface area (Å²) in [6, 6.07) is 3.55. The van der Waals surface area contributed by atoms with E-state index in [1.54, 1.807) is 25.8 Å². The molecule has 1 aromatic rings. The minimum absolute atomic E-state index is 0.204. The van der Waals surface area contributed by atoms with Gasteiger partial charge in [0, 0.05) is 12.6 Å². The molecule has 1 aliphatic rings. The highest BCUT2D eigenvalue weighted by molar-refractivity contribution is 5.95. The number of hydrogen-bond acceptors (Lipinski definition) is 4. The number of likely N-dealkylation sites (N-methyl/N-ethyl adjacent to an activating group) is 1. The molecule has 21 heavy (non-hydrogen) atoms. The van der Waals surface area contributed by atoms with E-state index in [4.69, 9.17) is 4.74 Å². The smallest absolute Gasteiger partial charge is 0.414 e. The number of carbonyl (C=O) groups is 1. The summed E-state index contributed by atoms with van der Waals surface area (Å²) in [4.78, 5) is 17.3. The fraction of sp³-hybridized carbons (Fsp3) is 0.429. The molecule has 5 nitrogen and oxygen atoms in total. The molecule has 1 amide bonds. The number of guanidine groups is 1. The first-order chi connectivity index (χ1) is 9.90. The molecule has 0 aromatic heterocycles. The summed E-state index contributed by atoms with van der Waals surface area (Å²) in [7, 11) is 1.65. The van der Waals surface area contributed by atoms with Gasteiger partial charge in [-0.2, -0.15) is 0 Å². The van der Waals surface area contributed by atoms with Crippen molar-refractivity contribution in [2.45, 2.75) is 26.0 Å². The largest absolute Gasteiger partial charge is 0.447 e. The summed E-state index contributed by atoms with van der Waals surface area (Å²) in [5, 5.41) is 2.49. The predicted molar refractivity (Wildman–Crippen MR) is 73.9 cm³/mol. The Kier molecular flexibility index (Phi) is 4.40. The Morgan fingerprint density at radius 2 is 2.19 bits per heavy atom. The van der Waals surface area contributed by atoms with Gasteiger partial charge < -0.3 is 9.64 Å². The van der Waals surface area contributed by atoms with Crippen molar-refractivity contribution >= 4 is 12.1 Å². The fourth-order valence-corrected chi connectivity index (χ4v) is 2.10. The third-order valence-corrected chi connectivity index (χ3v) is 3.11. The van der Waals surface area contributed by atoms with Crippen LogP contribution in [-0.2, 0) is 4.74 Å². The number of carbonyl (C=O) groups excluding carboxylic acids is 1. The van der Waals surface area contributed by atoms with Gasteiger partial charge in [0.2, 0.25) is 5.96 Å². The molecule has 0 spiro atoms. The van der Waals surface area contributed by atoms with Crippen molar-refractivity contribution in [2.75, 3.05) is 13.6 Å². The van der Waals surface area contributed by atoms with Gasteiger partial charge in [-0.25, -0.2) is 13.6 Å². The number of halogens is 2. The lowest BCUT2D eigenvalue weighted by Gasteiger charge is -2.24. The Bertz CT molecular complexity index is 575. The molecule has 0 aliphatic carbocycles. The molecule has 0 bridgehead atoms. The van der Waals surface area contributed by atoms with Crippen molar-refractivity contribution in [3.63, 3.8) is 0 Å². The molecule has 2 rings (SSSR count). The number of benzene rings is 1. The first-order valence-corrected chi connectivity index (χ1v) is 6.59. The maximum absolute atomic E-state index is 13.8. The monoisotopic (exact) mass is 297 g/mol. The number of aliphatic imine (C=N–C) groups is 1. The van der Waals surface area contributed by atoms with Crippen molar-refractivity contribution in [1.82, 2.24) is 10.2 Å². The Labute approximate surface area is 121 Å². The first-order valence-electron chi connectivity index (χ1n) is 6.59. The Balaban J connectivity index is 2.08. The summed E-state index contributed by atoms with van der Waals surface area (Å²) >= 11 is 0. The van der Waals surface area contributed by atoms with Gasteiger partial charge in [-0.05, 0) is 19.9 Å². The number of alkyl carbamates (subject to hydrolysis) is 1. The zero-order chi connectivity index (χ0) is 15.6. The highest BCUT2D eigenvalue weighted by Gasteiger charge is 2.30. The second-order valence-corrected chi connectivity index (χ2v) is 5.01. The molecule has 0 saturated carbocycles. The SMILES string of the molecule is CC(C)OC(=O)NC1=NCC(c2cccc(F)c2F)N1C. The maximum Gasteiger partial charge on any atom is 0.414 e. The average molecular weight is 297 g/mol. The Morgan fingerprint density at radius 1 is 1.48 bits per heavy atom. The number of amides is 1. The van der Waals surface area contributed by atoms with Gasteiger partial charge >= 0.3 is 6.09 Å². The van der Waals surface area contributed by atoms with Crippen LogP contribution in [0.1, 0.15) is 25.5 Å². The molecule has 1 aliphatic heterocycles. The number of nitrogens with one attached hydrogen (secondary N) is 1. The van der Waals surface area contributed by atoms with Crippen LogP contribution in [-0.4, -0.2) is 36.6 Å². The van der Waals surface area contributed by atoms with Crippen LogP contribution in [0.5, 0.6) is 0 Å². The molecular weight excluding hydrogens is 280 g/mol. The van der Waals surface area contributed by atoms with Gasteiger partial charge in [-0.15, -0.1) is 0 Å². The second-order valence-electron chi connectivity index (χ2n) is 5.01. The lowest BCUT2D eigenvalue weighted by atomic mass is 10.1. The van der Waals surface area contributed by atoms with Crippen LogP contribution in [0.15, 0.2) is 23.2 Å². The van der Waals surface area contributed by atoms with Crippen LogP contribution >= 0.6 is 0 Å². The lowest BCUT2D eigenvalue weighted by Crippen LogP contribution is -2.41. The van der Waals surface area contributed by atoms with Crippen LogP contribution in [0.25, 0.3) is 0 Å². The number of nitrogens with zero attached hydrogens (tertiary/aromatic N) is 2. The number of rotatable bonds is 2. The van der Waals surface area contributed by atoms with E-state index in [0.29, 0.717) is 0 Å². The van der Waals surface area contributed by atoms with Crippen molar-refractivity contribution in [1.29, 1.82) is 0 Å². The second kappa shape index (κ2) is 6.07. The average Bonchev–Trinajstić information content (AvgIpc) is 2.74. The van der Waals surface area contributed by atoms with Crippen molar-refractivity contribution in [3.8, 4) is 0 Å². The van der Waals surface area contributed by atoms with Crippen LogP contribution < -0.4 is 5.32 Å². The summed E-state index contributed by atoms with van der Waals surface area (Å²) < 4.78 is 32.1. The summed E-state index contributed by atoms with van der Waals surface area (Å²) in [5.41, 5.74) is 0.204. The summed E-state index contributed by atoms with van der Waals surface area (Å²) in [6.07, 6.45) is -0.885. The molecule has 0 fully saturated rings.